The number of hydrogen-bond acceptors (Lipinski definition) is 2. The van der Waals surface area contributed by atoms with Gasteiger partial charge in [-0.25, -0.2) is 0 Å². The highest BCUT2D eigenvalue weighted by Gasteiger charge is 2.28. The summed E-state index contributed by atoms with van der Waals surface area (Å²) in [4.78, 5) is 2.72. The van der Waals surface area contributed by atoms with E-state index in [1.165, 1.54) is 51.9 Å². The molecule has 2 nitrogen and oxygen atoms in total. The van der Waals surface area contributed by atoms with Crippen molar-refractivity contribution in [1.82, 2.24) is 10.2 Å². The number of nitrogens with zero attached hydrogens (tertiary/aromatic N) is 1. The summed E-state index contributed by atoms with van der Waals surface area (Å²) in [6.07, 6.45) is 5.93. The van der Waals surface area contributed by atoms with Crippen molar-refractivity contribution < 1.29 is 0 Å². The SMILES string of the molecule is CC(C)C(C)NCCN(CC1CC1)CC1CC1. The van der Waals surface area contributed by atoms with Crippen LogP contribution in [0.15, 0.2) is 0 Å². The van der Waals surface area contributed by atoms with Crippen molar-refractivity contribution in [3.05, 3.63) is 0 Å². The molecule has 0 saturated heterocycles. The lowest BCUT2D eigenvalue weighted by molar-refractivity contribution is 0.245. The summed E-state index contributed by atoms with van der Waals surface area (Å²) in [6, 6.07) is 0.652. The van der Waals surface area contributed by atoms with E-state index >= 15 is 0 Å². The number of hydrogen-bond donors (Lipinski definition) is 1. The first-order valence-electron chi connectivity index (χ1n) is 7.61. The van der Waals surface area contributed by atoms with Gasteiger partial charge in [-0.15, -0.1) is 0 Å². The Hall–Kier alpha value is -0.0800. The highest BCUT2D eigenvalue weighted by atomic mass is 15.1. The second-order valence-corrected chi connectivity index (χ2v) is 6.63. The molecular formula is C15H30N2. The van der Waals surface area contributed by atoms with Gasteiger partial charge in [0.1, 0.15) is 0 Å². The first-order valence-corrected chi connectivity index (χ1v) is 7.61. The van der Waals surface area contributed by atoms with Crippen LogP contribution in [0.5, 0.6) is 0 Å². The third kappa shape index (κ3) is 5.39. The van der Waals surface area contributed by atoms with E-state index < -0.39 is 0 Å². The maximum atomic E-state index is 3.66. The standard InChI is InChI=1S/C15H30N2/c1-12(2)13(3)16-8-9-17(10-14-4-5-14)11-15-6-7-15/h12-16H,4-11H2,1-3H3. The molecule has 0 amide bonds. The Labute approximate surface area is 107 Å². The van der Waals surface area contributed by atoms with Crippen LogP contribution in [0.25, 0.3) is 0 Å². The van der Waals surface area contributed by atoms with Crippen LogP contribution in [0.4, 0.5) is 0 Å². The molecule has 0 bridgehead atoms. The second kappa shape index (κ2) is 6.19. The van der Waals surface area contributed by atoms with E-state index in [-0.39, 0.29) is 0 Å². The maximum absolute atomic E-state index is 3.66. The fraction of sp³-hybridized carbons (Fsp3) is 1.00. The predicted molar refractivity (Wildman–Crippen MR) is 74.2 cm³/mol. The van der Waals surface area contributed by atoms with Crippen molar-refractivity contribution in [1.29, 1.82) is 0 Å². The molecule has 2 aliphatic carbocycles. The first kappa shape index (κ1) is 13.4. The van der Waals surface area contributed by atoms with Crippen LogP contribution in [-0.4, -0.2) is 37.1 Å². The van der Waals surface area contributed by atoms with Crippen molar-refractivity contribution in [3.8, 4) is 0 Å². The molecule has 0 radical (unpaired) electrons. The van der Waals surface area contributed by atoms with Gasteiger partial charge in [0.2, 0.25) is 0 Å². The molecule has 0 aromatic heterocycles. The molecule has 2 saturated carbocycles. The van der Waals surface area contributed by atoms with Crippen molar-refractivity contribution in [2.24, 2.45) is 17.8 Å². The molecular weight excluding hydrogens is 208 g/mol. The first-order chi connectivity index (χ1) is 8.15. The summed E-state index contributed by atoms with van der Waals surface area (Å²) >= 11 is 0. The summed E-state index contributed by atoms with van der Waals surface area (Å²) in [5.41, 5.74) is 0. The van der Waals surface area contributed by atoms with E-state index in [0.29, 0.717) is 6.04 Å². The van der Waals surface area contributed by atoms with Gasteiger partial charge in [0, 0.05) is 32.2 Å². The van der Waals surface area contributed by atoms with Gasteiger partial charge < -0.3 is 10.2 Å². The van der Waals surface area contributed by atoms with E-state index in [9.17, 15) is 0 Å². The molecule has 1 N–H and O–H groups in total. The normalized spacial score (nSPS) is 22.4. The maximum Gasteiger partial charge on any atom is 0.0107 e. The van der Waals surface area contributed by atoms with Crippen LogP contribution in [0, 0.1) is 17.8 Å². The molecule has 100 valence electrons. The van der Waals surface area contributed by atoms with Gasteiger partial charge in [-0.2, -0.15) is 0 Å². The van der Waals surface area contributed by atoms with Crippen molar-refractivity contribution >= 4 is 0 Å². The molecule has 2 aliphatic rings. The van der Waals surface area contributed by atoms with Gasteiger partial charge >= 0.3 is 0 Å². The minimum Gasteiger partial charge on any atom is -0.313 e. The lowest BCUT2D eigenvalue weighted by Crippen LogP contribution is -2.39. The van der Waals surface area contributed by atoms with E-state index in [4.69, 9.17) is 0 Å². The summed E-state index contributed by atoms with van der Waals surface area (Å²) in [5, 5.41) is 3.66. The Morgan fingerprint density at radius 3 is 1.94 bits per heavy atom. The van der Waals surface area contributed by atoms with Crippen LogP contribution in [0.3, 0.4) is 0 Å². The molecule has 0 aliphatic heterocycles. The van der Waals surface area contributed by atoms with Crippen LogP contribution < -0.4 is 5.32 Å². The molecule has 1 atom stereocenters. The van der Waals surface area contributed by atoms with E-state index in [1.807, 2.05) is 0 Å². The fourth-order valence-electron chi connectivity index (χ4n) is 2.27. The van der Waals surface area contributed by atoms with E-state index in [0.717, 1.165) is 17.8 Å². The van der Waals surface area contributed by atoms with E-state index in [1.54, 1.807) is 0 Å². The highest BCUT2D eigenvalue weighted by molar-refractivity contribution is 4.82. The topological polar surface area (TPSA) is 15.3 Å². The Morgan fingerprint density at radius 2 is 1.53 bits per heavy atom. The molecule has 0 heterocycles. The third-order valence-electron chi connectivity index (χ3n) is 4.32. The molecule has 2 heteroatoms. The Bertz CT molecular complexity index is 205. The Morgan fingerprint density at radius 1 is 1.00 bits per heavy atom. The summed E-state index contributed by atoms with van der Waals surface area (Å²) in [5.74, 6) is 2.82. The summed E-state index contributed by atoms with van der Waals surface area (Å²) < 4.78 is 0. The fourth-order valence-corrected chi connectivity index (χ4v) is 2.27. The molecule has 0 spiro atoms. The van der Waals surface area contributed by atoms with Gasteiger partial charge in [0.15, 0.2) is 0 Å². The average molecular weight is 238 g/mol. The van der Waals surface area contributed by atoms with Gasteiger partial charge in [-0.3, -0.25) is 0 Å². The lowest BCUT2D eigenvalue weighted by atomic mass is 10.1. The largest absolute Gasteiger partial charge is 0.313 e. The predicted octanol–water partition coefficient (Wildman–Crippen LogP) is 2.74. The Kier molecular flexibility index (Phi) is 4.87. The molecule has 2 fully saturated rings. The summed E-state index contributed by atoms with van der Waals surface area (Å²) in [6.45, 7) is 12.1. The number of rotatable bonds is 9. The quantitative estimate of drug-likeness (QED) is 0.664. The van der Waals surface area contributed by atoms with Gasteiger partial charge in [0.25, 0.3) is 0 Å². The molecule has 2 rings (SSSR count). The monoisotopic (exact) mass is 238 g/mol. The zero-order chi connectivity index (χ0) is 12.3. The average Bonchev–Trinajstić information content (AvgIpc) is 3.12. The molecule has 0 aromatic rings. The van der Waals surface area contributed by atoms with Crippen LogP contribution in [0.1, 0.15) is 46.5 Å². The van der Waals surface area contributed by atoms with Crippen molar-refractivity contribution in [2.45, 2.75) is 52.5 Å². The van der Waals surface area contributed by atoms with Crippen LogP contribution in [0.2, 0.25) is 0 Å². The molecule has 1 unspecified atom stereocenters. The zero-order valence-corrected chi connectivity index (χ0v) is 11.9. The van der Waals surface area contributed by atoms with Gasteiger partial charge in [-0.1, -0.05) is 13.8 Å². The Balaban J connectivity index is 1.61. The lowest BCUT2D eigenvalue weighted by Gasteiger charge is -2.24. The summed E-state index contributed by atoms with van der Waals surface area (Å²) in [7, 11) is 0. The van der Waals surface area contributed by atoms with Crippen LogP contribution >= 0.6 is 0 Å². The third-order valence-corrected chi connectivity index (χ3v) is 4.32. The van der Waals surface area contributed by atoms with Crippen molar-refractivity contribution in [3.63, 3.8) is 0 Å². The highest BCUT2D eigenvalue weighted by Crippen LogP contribution is 2.33. The minimum atomic E-state index is 0.652. The van der Waals surface area contributed by atoms with Crippen LogP contribution in [-0.2, 0) is 0 Å². The minimum absolute atomic E-state index is 0.652. The zero-order valence-electron chi connectivity index (χ0n) is 11.9. The van der Waals surface area contributed by atoms with Gasteiger partial charge in [-0.05, 0) is 50.4 Å². The van der Waals surface area contributed by atoms with E-state index in [2.05, 4.69) is 31.0 Å². The van der Waals surface area contributed by atoms with Crippen molar-refractivity contribution in [2.75, 3.05) is 26.2 Å². The smallest absolute Gasteiger partial charge is 0.0107 e. The molecule has 17 heavy (non-hydrogen) atoms. The second-order valence-electron chi connectivity index (χ2n) is 6.63. The molecule has 0 aromatic carbocycles. The number of nitrogens with one attached hydrogen (secondary N) is 1. The van der Waals surface area contributed by atoms with Gasteiger partial charge in [0.05, 0.1) is 0 Å².